The summed E-state index contributed by atoms with van der Waals surface area (Å²) >= 11 is 1.58. The largest absolute Gasteiger partial charge is 0.393 e. The molecule has 1 fully saturated rings. The summed E-state index contributed by atoms with van der Waals surface area (Å²) in [6.07, 6.45) is 7.08. The monoisotopic (exact) mass is 407 g/mol. The van der Waals surface area contributed by atoms with Crippen LogP contribution in [-0.2, 0) is 0 Å². The number of carbonyl (C=O) groups excluding carboxylic acids is 1. The highest BCUT2D eigenvalue weighted by molar-refractivity contribution is 7.98. The van der Waals surface area contributed by atoms with Crippen LogP contribution in [0.15, 0.2) is 59.8 Å². The Morgan fingerprint density at radius 2 is 1.97 bits per heavy atom. The number of benzene rings is 1. The molecular weight excluding hydrogens is 382 g/mol. The van der Waals surface area contributed by atoms with Crippen LogP contribution in [0.4, 0.5) is 0 Å². The van der Waals surface area contributed by atoms with Crippen molar-refractivity contribution < 1.29 is 9.90 Å². The van der Waals surface area contributed by atoms with Crippen LogP contribution >= 0.6 is 11.8 Å². The molecule has 0 radical (unpaired) electrons. The SMILES string of the molecule is CSc1ccc(C(NC(=O)c2ccc3ccccc3n2)[C@@H]2CCCC[C@@H]2O)cn1. The van der Waals surface area contributed by atoms with Gasteiger partial charge in [0.05, 0.1) is 22.7 Å². The van der Waals surface area contributed by atoms with Crippen LogP contribution in [0.25, 0.3) is 10.9 Å². The Labute approximate surface area is 175 Å². The molecule has 1 aliphatic rings. The van der Waals surface area contributed by atoms with E-state index >= 15 is 0 Å². The molecule has 0 bridgehead atoms. The van der Waals surface area contributed by atoms with Gasteiger partial charge in [0.1, 0.15) is 5.69 Å². The second-order valence-corrected chi connectivity index (χ2v) is 8.32. The molecule has 0 aliphatic heterocycles. The average Bonchev–Trinajstić information content (AvgIpc) is 2.77. The van der Waals surface area contributed by atoms with Gasteiger partial charge < -0.3 is 10.4 Å². The van der Waals surface area contributed by atoms with E-state index in [1.54, 1.807) is 17.8 Å². The van der Waals surface area contributed by atoms with Crippen LogP contribution in [0.5, 0.6) is 0 Å². The first-order valence-corrected chi connectivity index (χ1v) is 11.2. The first-order valence-electron chi connectivity index (χ1n) is 10.0. The second kappa shape index (κ2) is 8.93. The standard InChI is InChI=1S/C23H25N3O2S/c1-29-21-13-11-16(14-24-21)22(17-7-3-5-9-20(17)27)26-23(28)19-12-10-15-6-2-4-8-18(15)25-19/h2,4,6,8,10-14,17,20,22,27H,3,5,7,9H2,1H3,(H,26,28)/t17-,20+,22?/m1/s1. The van der Waals surface area contributed by atoms with Crippen molar-refractivity contribution >= 4 is 28.6 Å². The summed E-state index contributed by atoms with van der Waals surface area (Å²) in [7, 11) is 0. The van der Waals surface area contributed by atoms with E-state index in [1.165, 1.54) is 0 Å². The molecule has 5 nitrogen and oxygen atoms in total. The number of rotatable bonds is 5. The van der Waals surface area contributed by atoms with Gasteiger partial charge in [-0.25, -0.2) is 9.97 Å². The molecule has 1 saturated carbocycles. The smallest absolute Gasteiger partial charge is 0.270 e. The summed E-state index contributed by atoms with van der Waals surface area (Å²) in [5.74, 6) is -0.262. The van der Waals surface area contributed by atoms with Gasteiger partial charge in [-0.3, -0.25) is 4.79 Å². The lowest BCUT2D eigenvalue weighted by Gasteiger charge is -2.35. The van der Waals surface area contributed by atoms with Crippen molar-refractivity contribution in [1.29, 1.82) is 0 Å². The quantitative estimate of drug-likeness (QED) is 0.614. The van der Waals surface area contributed by atoms with Gasteiger partial charge in [0, 0.05) is 17.5 Å². The lowest BCUT2D eigenvalue weighted by Crippen LogP contribution is -2.40. The van der Waals surface area contributed by atoms with Crippen LogP contribution in [0.3, 0.4) is 0 Å². The first-order chi connectivity index (χ1) is 14.2. The number of pyridine rings is 2. The van der Waals surface area contributed by atoms with E-state index in [-0.39, 0.29) is 17.9 Å². The lowest BCUT2D eigenvalue weighted by molar-refractivity contribution is 0.0455. The number of thioether (sulfide) groups is 1. The fourth-order valence-corrected chi connectivity index (χ4v) is 4.43. The number of para-hydroxylation sites is 1. The number of hydrogen-bond acceptors (Lipinski definition) is 5. The number of aliphatic hydroxyl groups is 1. The van der Waals surface area contributed by atoms with Gasteiger partial charge in [-0.2, -0.15) is 0 Å². The van der Waals surface area contributed by atoms with Crippen molar-refractivity contribution in [3.63, 3.8) is 0 Å². The third kappa shape index (κ3) is 4.43. The van der Waals surface area contributed by atoms with E-state index < -0.39 is 6.10 Å². The van der Waals surface area contributed by atoms with Crippen LogP contribution in [0.2, 0.25) is 0 Å². The summed E-state index contributed by atoms with van der Waals surface area (Å²) < 4.78 is 0. The highest BCUT2D eigenvalue weighted by atomic mass is 32.2. The third-order valence-electron chi connectivity index (χ3n) is 5.65. The Bertz CT molecular complexity index is 993. The van der Waals surface area contributed by atoms with Gasteiger partial charge in [0.25, 0.3) is 5.91 Å². The molecule has 150 valence electrons. The lowest BCUT2D eigenvalue weighted by atomic mass is 9.79. The van der Waals surface area contributed by atoms with Gasteiger partial charge in [0.15, 0.2) is 0 Å². The minimum absolute atomic E-state index is 0.0323. The van der Waals surface area contributed by atoms with Crippen molar-refractivity contribution in [2.24, 2.45) is 5.92 Å². The molecule has 3 aromatic rings. The molecular formula is C23H25N3O2S. The predicted molar refractivity (Wildman–Crippen MR) is 116 cm³/mol. The van der Waals surface area contributed by atoms with E-state index in [0.29, 0.717) is 5.69 Å². The molecule has 29 heavy (non-hydrogen) atoms. The van der Waals surface area contributed by atoms with Crippen molar-refractivity contribution in [2.45, 2.75) is 42.9 Å². The summed E-state index contributed by atoms with van der Waals surface area (Å²) in [4.78, 5) is 22.1. The first kappa shape index (κ1) is 19.9. The maximum Gasteiger partial charge on any atom is 0.270 e. The maximum absolute atomic E-state index is 13.1. The minimum atomic E-state index is -0.432. The number of aromatic nitrogens is 2. The topological polar surface area (TPSA) is 75.1 Å². The molecule has 0 saturated heterocycles. The van der Waals surface area contributed by atoms with E-state index in [4.69, 9.17) is 0 Å². The number of hydrogen-bond donors (Lipinski definition) is 2. The minimum Gasteiger partial charge on any atom is -0.393 e. The van der Waals surface area contributed by atoms with Gasteiger partial charge in [-0.05, 0) is 42.9 Å². The highest BCUT2D eigenvalue weighted by Crippen LogP contribution is 2.35. The van der Waals surface area contributed by atoms with Gasteiger partial charge in [0.2, 0.25) is 0 Å². The van der Waals surface area contributed by atoms with E-state index in [1.807, 2.05) is 54.9 Å². The highest BCUT2D eigenvalue weighted by Gasteiger charge is 2.33. The molecule has 1 unspecified atom stereocenters. The van der Waals surface area contributed by atoms with Crippen molar-refractivity contribution in [1.82, 2.24) is 15.3 Å². The molecule has 1 aromatic carbocycles. The zero-order valence-electron chi connectivity index (χ0n) is 16.4. The third-order valence-corrected chi connectivity index (χ3v) is 6.31. The molecule has 3 atom stereocenters. The molecule has 2 N–H and O–H groups in total. The molecule has 2 heterocycles. The summed E-state index contributed by atoms with van der Waals surface area (Å²) in [5.41, 5.74) is 2.09. The summed E-state index contributed by atoms with van der Waals surface area (Å²) in [6, 6.07) is 15.1. The Kier molecular flexibility index (Phi) is 6.11. The van der Waals surface area contributed by atoms with Crippen molar-refractivity contribution in [2.75, 3.05) is 6.26 Å². The Balaban J connectivity index is 1.63. The zero-order chi connectivity index (χ0) is 20.2. The Morgan fingerprint density at radius 1 is 1.14 bits per heavy atom. The predicted octanol–water partition coefficient (Wildman–Crippen LogP) is 4.37. The van der Waals surface area contributed by atoms with Gasteiger partial charge in [-0.1, -0.05) is 43.2 Å². The van der Waals surface area contributed by atoms with Crippen LogP contribution in [0, 0.1) is 5.92 Å². The maximum atomic E-state index is 13.1. The van der Waals surface area contributed by atoms with Crippen molar-refractivity contribution in [3.8, 4) is 0 Å². The van der Waals surface area contributed by atoms with Crippen molar-refractivity contribution in [3.05, 3.63) is 66.0 Å². The number of fused-ring (bicyclic) bond motifs is 1. The number of nitrogens with zero attached hydrogens (tertiary/aromatic N) is 2. The number of amides is 1. The summed E-state index contributed by atoms with van der Waals surface area (Å²) in [5, 5.41) is 15.7. The molecule has 4 rings (SSSR count). The number of carbonyl (C=O) groups is 1. The van der Waals surface area contributed by atoms with Crippen LogP contribution in [-0.4, -0.2) is 33.3 Å². The normalized spacial score (nSPS) is 20.3. The van der Waals surface area contributed by atoms with Crippen LogP contribution < -0.4 is 5.32 Å². The van der Waals surface area contributed by atoms with Crippen LogP contribution in [0.1, 0.15) is 47.8 Å². The Morgan fingerprint density at radius 3 is 2.72 bits per heavy atom. The average molecular weight is 408 g/mol. The van der Waals surface area contributed by atoms with Gasteiger partial charge in [-0.15, -0.1) is 11.8 Å². The second-order valence-electron chi connectivity index (χ2n) is 7.49. The molecule has 1 amide bonds. The van der Waals surface area contributed by atoms with E-state index in [9.17, 15) is 9.90 Å². The Hall–Kier alpha value is -2.44. The molecule has 6 heteroatoms. The summed E-state index contributed by atoms with van der Waals surface area (Å²) in [6.45, 7) is 0. The molecule has 2 aromatic heterocycles. The fraction of sp³-hybridized carbons (Fsp3) is 0.348. The fourth-order valence-electron chi connectivity index (χ4n) is 4.07. The van der Waals surface area contributed by atoms with Gasteiger partial charge >= 0.3 is 0 Å². The number of nitrogens with one attached hydrogen (secondary N) is 1. The number of aliphatic hydroxyl groups excluding tert-OH is 1. The molecule has 1 aliphatic carbocycles. The van der Waals surface area contributed by atoms with E-state index in [2.05, 4.69) is 15.3 Å². The molecule has 0 spiro atoms. The zero-order valence-corrected chi connectivity index (χ0v) is 17.2. The van der Waals surface area contributed by atoms with E-state index in [0.717, 1.165) is 47.2 Å².